The highest BCUT2D eigenvalue weighted by atomic mass is 16.5. The van der Waals surface area contributed by atoms with Crippen LogP contribution in [0, 0.1) is 0 Å². The van der Waals surface area contributed by atoms with E-state index in [4.69, 9.17) is 14.2 Å². The van der Waals surface area contributed by atoms with Crippen LogP contribution in [0.1, 0.15) is 40.1 Å². The highest BCUT2D eigenvalue weighted by molar-refractivity contribution is 6.04. The van der Waals surface area contributed by atoms with Gasteiger partial charge in [0.25, 0.3) is 11.8 Å². The number of carbonyl (C=O) groups is 3. The fraction of sp³-hybridized carbons (Fsp3) is 0.333. The Bertz CT molecular complexity index is 1310. The smallest absolute Gasteiger partial charge is 0.310 e. The van der Waals surface area contributed by atoms with Crippen molar-refractivity contribution in [1.82, 2.24) is 19.9 Å². The third-order valence-electron chi connectivity index (χ3n) is 5.53. The second-order valence-electron chi connectivity index (χ2n) is 8.85. The van der Waals surface area contributed by atoms with Gasteiger partial charge in [0.2, 0.25) is 17.6 Å². The molecule has 0 atom stereocenters. The first-order valence-corrected chi connectivity index (χ1v) is 12.3. The number of amides is 2. The molecule has 0 bridgehead atoms. The Kier molecular flexibility index (Phi) is 9.00. The number of anilines is 1. The fourth-order valence-electron chi connectivity index (χ4n) is 3.62. The lowest BCUT2D eigenvalue weighted by atomic mass is 10.2. The first-order valence-electron chi connectivity index (χ1n) is 12.3. The number of pyridine rings is 3. The predicted molar refractivity (Wildman–Crippen MR) is 139 cm³/mol. The van der Waals surface area contributed by atoms with E-state index in [0.717, 1.165) is 0 Å². The lowest BCUT2D eigenvalue weighted by Gasteiger charge is -2.26. The van der Waals surface area contributed by atoms with Crippen LogP contribution < -0.4 is 14.8 Å². The number of morpholine rings is 1. The van der Waals surface area contributed by atoms with Crippen LogP contribution in [-0.4, -0.2) is 77.2 Å². The summed E-state index contributed by atoms with van der Waals surface area (Å²) >= 11 is 0. The monoisotopic (exact) mass is 535 g/mol. The van der Waals surface area contributed by atoms with Crippen molar-refractivity contribution in [3.05, 3.63) is 65.5 Å². The van der Waals surface area contributed by atoms with Gasteiger partial charge in [0.05, 0.1) is 44.0 Å². The van der Waals surface area contributed by atoms with Gasteiger partial charge in [-0.05, 0) is 31.5 Å². The van der Waals surface area contributed by atoms with Crippen LogP contribution in [0.15, 0.2) is 48.8 Å². The average molecular weight is 536 g/mol. The highest BCUT2D eigenvalue weighted by Gasteiger charge is 2.19. The number of hydrogen-bond donors (Lipinski definition) is 1. The number of aromatic nitrogens is 3. The zero-order valence-corrected chi connectivity index (χ0v) is 21.9. The molecule has 0 aliphatic carbocycles. The van der Waals surface area contributed by atoms with E-state index in [-0.39, 0.29) is 47.6 Å². The molecule has 12 heteroatoms. The molecule has 3 aromatic rings. The molecule has 0 radical (unpaired) electrons. The molecule has 204 valence electrons. The maximum atomic E-state index is 13.0. The van der Waals surface area contributed by atoms with Crippen LogP contribution in [0.3, 0.4) is 0 Å². The summed E-state index contributed by atoms with van der Waals surface area (Å²) in [5.74, 6) is -0.230. The molecule has 1 N–H and O–H groups in total. The van der Waals surface area contributed by atoms with Crippen LogP contribution in [0.4, 0.5) is 5.82 Å². The molecule has 0 unspecified atom stereocenters. The van der Waals surface area contributed by atoms with Crippen LogP contribution in [0.5, 0.6) is 17.6 Å². The molecule has 2 amide bonds. The number of rotatable bonds is 9. The molecular formula is C27H29N5O7. The van der Waals surface area contributed by atoms with Gasteiger partial charge in [-0.1, -0.05) is 6.07 Å². The first-order chi connectivity index (χ1) is 18.8. The lowest BCUT2D eigenvalue weighted by Crippen LogP contribution is -2.40. The molecule has 1 aliphatic rings. The molecule has 3 aromatic heterocycles. The molecule has 4 rings (SSSR count). The third-order valence-corrected chi connectivity index (χ3v) is 5.53. The van der Waals surface area contributed by atoms with Gasteiger partial charge in [-0.2, -0.15) is 4.98 Å². The van der Waals surface area contributed by atoms with Crippen LogP contribution in [0.25, 0.3) is 0 Å². The zero-order chi connectivity index (χ0) is 27.8. The molecule has 1 saturated heterocycles. The summed E-state index contributed by atoms with van der Waals surface area (Å²) in [6, 6.07) is 9.38. The van der Waals surface area contributed by atoms with E-state index in [1.165, 1.54) is 31.6 Å². The average Bonchev–Trinajstić information content (AvgIpc) is 2.94. The zero-order valence-electron chi connectivity index (χ0n) is 21.9. The van der Waals surface area contributed by atoms with E-state index < -0.39 is 5.91 Å². The third kappa shape index (κ3) is 7.71. The molecule has 0 aromatic carbocycles. The van der Waals surface area contributed by atoms with E-state index in [1.807, 2.05) is 13.8 Å². The first kappa shape index (κ1) is 27.5. The van der Waals surface area contributed by atoms with Crippen LogP contribution >= 0.6 is 0 Å². The van der Waals surface area contributed by atoms with Crippen molar-refractivity contribution in [3.8, 4) is 17.6 Å². The summed E-state index contributed by atoms with van der Waals surface area (Å²) < 4.78 is 21.4. The van der Waals surface area contributed by atoms with Crippen LogP contribution in [0.2, 0.25) is 0 Å². The SMILES string of the molecule is COC(=O)Cc1ccc(NC(=O)c2cc(Oc3ccc(C(=O)N4CCOCC4)cn3)nc(OC(C)C)c2)nc1. The number of carbonyl (C=O) groups excluding carboxylic acids is 3. The van der Waals surface area contributed by atoms with Gasteiger partial charge in [0.15, 0.2) is 0 Å². The van der Waals surface area contributed by atoms with E-state index in [9.17, 15) is 14.4 Å². The van der Waals surface area contributed by atoms with Gasteiger partial charge >= 0.3 is 5.97 Å². The van der Waals surface area contributed by atoms with E-state index >= 15 is 0 Å². The van der Waals surface area contributed by atoms with Crippen molar-refractivity contribution in [2.75, 3.05) is 38.7 Å². The molecular weight excluding hydrogens is 506 g/mol. The molecule has 0 spiro atoms. The minimum absolute atomic E-state index is 0.0784. The maximum absolute atomic E-state index is 13.0. The van der Waals surface area contributed by atoms with E-state index in [2.05, 4.69) is 25.0 Å². The summed E-state index contributed by atoms with van der Waals surface area (Å²) in [7, 11) is 1.31. The molecule has 12 nitrogen and oxygen atoms in total. The minimum Gasteiger partial charge on any atom is -0.475 e. The standard InChI is InChI=1S/C27H29N5O7/c1-17(2)38-23-13-20(26(34)30-21-6-4-18(15-28-21)12-25(33)36-3)14-24(31-23)39-22-7-5-19(16-29-22)27(35)32-8-10-37-11-9-32/h4-7,13-17H,8-12H2,1-3H3,(H,28,30,34). The normalized spacial score (nSPS) is 13.1. The maximum Gasteiger partial charge on any atom is 0.310 e. The largest absolute Gasteiger partial charge is 0.475 e. The van der Waals surface area contributed by atoms with Gasteiger partial charge in [-0.3, -0.25) is 14.4 Å². The second kappa shape index (κ2) is 12.8. The Morgan fingerprint density at radius 1 is 0.974 bits per heavy atom. The number of nitrogens with one attached hydrogen (secondary N) is 1. The fourth-order valence-corrected chi connectivity index (χ4v) is 3.62. The van der Waals surface area contributed by atoms with E-state index in [1.54, 1.807) is 29.2 Å². The summed E-state index contributed by atoms with van der Waals surface area (Å²) in [5, 5.41) is 2.70. The van der Waals surface area contributed by atoms with Gasteiger partial charge in [0, 0.05) is 43.7 Å². The topological polar surface area (TPSA) is 142 Å². The lowest BCUT2D eigenvalue weighted by molar-refractivity contribution is -0.139. The molecule has 1 aliphatic heterocycles. The molecule has 4 heterocycles. The van der Waals surface area contributed by atoms with Crippen molar-refractivity contribution < 1.29 is 33.3 Å². The Morgan fingerprint density at radius 3 is 2.38 bits per heavy atom. The van der Waals surface area contributed by atoms with Crippen molar-refractivity contribution in [2.45, 2.75) is 26.4 Å². The summed E-state index contributed by atoms with van der Waals surface area (Å²) in [4.78, 5) is 51.5. The quantitative estimate of drug-likeness (QED) is 0.406. The number of ether oxygens (including phenoxy) is 4. The number of nitrogens with zero attached hydrogens (tertiary/aromatic N) is 4. The summed E-state index contributed by atoms with van der Waals surface area (Å²) in [6.45, 7) is 5.74. The molecule has 39 heavy (non-hydrogen) atoms. The number of esters is 1. The second-order valence-corrected chi connectivity index (χ2v) is 8.85. The Morgan fingerprint density at radius 2 is 1.74 bits per heavy atom. The summed E-state index contributed by atoms with van der Waals surface area (Å²) in [6.07, 6.45) is 2.80. The van der Waals surface area contributed by atoms with Crippen LogP contribution in [-0.2, 0) is 20.7 Å². The van der Waals surface area contributed by atoms with Gasteiger partial charge in [-0.15, -0.1) is 0 Å². The van der Waals surface area contributed by atoms with E-state index in [0.29, 0.717) is 43.2 Å². The van der Waals surface area contributed by atoms with Crippen molar-refractivity contribution in [2.24, 2.45) is 0 Å². The number of hydrogen-bond acceptors (Lipinski definition) is 10. The summed E-state index contributed by atoms with van der Waals surface area (Å²) in [5.41, 5.74) is 1.30. The van der Waals surface area contributed by atoms with Crippen molar-refractivity contribution >= 4 is 23.6 Å². The van der Waals surface area contributed by atoms with Gasteiger partial charge in [0.1, 0.15) is 5.82 Å². The minimum atomic E-state index is -0.469. The predicted octanol–water partition coefficient (Wildman–Crippen LogP) is 2.89. The van der Waals surface area contributed by atoms with Gasteiger partial charge < -0.3 is 29.2 Å². The molecule has 1 fully saturated rings. The van der Waals surface area contributed by atoms with Crippen molar-refractivity contribution in [1.29, 1.82) is 0 Å². The van der Waals surface area contributed by atoms with Crippen molar-refractivity contribution in [3.63, 3.8) is 0 Å². The Hall–Kier alpha value is -4.58. The Labute approximate surface area is 225 Å². The number of methoxy groups -OCH3 is 1. The highest BCUT2D eigenvalue weighted by Crippen LogP contribution is 2.24. The van der Waals surface area contributed by atoms with Gasteiger partial charge in [-0.25, -0.2) is 9.97 Å². The molecule has 0 saturated carbocycles. The Balaban J connectivity index is 1.48.